The Morgan fingerprint density at radius 1 is 0.196 bits per heavy atom. The van der Waals surface area contributed by atoms with Crippen LogP contribution in [0.1, 0.15) is 290 Å². The van der Waals surface area contributed by atoms with Gasteiger partial charge in [0.15, 0.2) is 0 Å². The maximum absolute atomic E-state index is 2.52. The molecule has 46 heavy (non-hydrogen) atoms. The smallest absolute Gasteiger partial charge is 0.0443 e. The quantitative estimate of drug-likeness (QED) is 0.0579. The van der Waals surface area contributed by atoms with Gasteiger partial charge in [0.1, 0.15) is 0 Å². The molecular formula is C46H94. The monoisotopic (exact) mass is 647 g/mol. The summed E-state index contributed by atoms with van der Waals surface area (Å²) < 4.78 is 0. The second-order valence-corrected chi connectivity index (χ2v) is 16.1. The lowest BCUT2D eigenvalue weighted by atomic mass is 9.95. The summed E-state index contributed by atoms with van der Waals surface area (Å²) >= 11 is 0. The van der Waals surface area contributed by atoms with E-state index in [4.69, 9.17) is 0 Å². The Kier molecular flexibility index (Phi) is 43.0. The summed E-state index contributed by atoms with van der Waals surface area (Å²) in [5.74, 6) is 0.964. The zero-order valence-corrected chi connectivity index (χ0v) is 33.3. The minimum Gasteiger partial charge on any atom is -0.0654 e. The third-order valence-electron chi connectivity index (χ3n) is 11.1. The van der Waals surface area contributed by atoms with E-state index in [1.807, 2.05) is 0 Å². The van der Waals surface area contributed by atoms with Gasteiger partial charge in [0, 0.05) is 0 Å². The number of unbranched alkanes of at least 4 members (excludes halogenated alkanes) is 38. The Morgan fingerprint density at radius 3 is 0.478 bits per heavy atom. The van der Waals surface area contributed by atoms with Crippen molar-refractivity contribution in [3.8, 4) is 0 Å². The predicted molar refractivity (Wildman–Crippen MR) is 214 cm³/mol. The van der Waals surface area contributed by atoms with E-state index >= 15 is 0 Å². The Balaban J connectivity index is 3.13. The van der Waals surface area contributed by atoms with Crippen molar-refractivity contribution in [2.24, 2.45) is 5.92 Å². The molecule has 0 N–H and O–H groups in total. The second kappa shape index (κ2) is 43.0. The van der Waals surface area contributed by atoms with Gasteiger partial charge in [-0.15, -0.1) is 0 Å². The molecule has 0 fully saturated rings. The van der Waals surface area contributed by atoms with Crippen molar-refractivity contribution in [3.05, 3.63) is 0 Å². The number of hydrogen-bond donors (Lipinski definition) is 0. The van der Waals surface area contributed by atoms with Crippen molar-refractivity contribution in [2.45, 2.75) is 290 Å². The summed E-state index contributed by atoms with van der Waals surface area (Å²) in [5, 5.41) is 0. The molecule has 0 aliphatic carbocycles. The Bertz CT molecular complexity index is 494. The van der Waals surface area contributed by atoms with Gasteiger partial charge in [-0.25, -0.2) is 0 Å². The van der Waals surface area contributed by atoms with E-state index in [1.165, 1.54) is 270 Å². The van der Waals surface area contributed by atoms with Crippen LogP contribution < -0.4 is 0 Å². The lowest BCUT2D eigenvalue weighted by Crippen LogP contribution is -1.95. The summed E-state index contributed by atoms with van der Waals surface area (Å²) in [6.07, 6.45) is 62.2. The van der Waals surface area contributed by atoms with Crippen LogP contribution in [0.25, 0.3) is 0 Å². The van der Waals surface area contributed by atoms with Gasteiger partial charge in [0.05, 0.1) is 0 Å². The molecule has 0 saturated heterocycles. The third kappa shape index (κ3) is 42.0. The second-order valence-electron chi connectivity index (χ2n) is 16.1. The van der Waals surface area contributed by atoms with Crippen LogP contribution in [0.2, 0.25) is 0 Å². The molecule has 0 aromatic carbocycles. The van der Waals surface area contributed by atoms with Gasteiger partial charge in [-0.3, -0.25) is 0 Å². The Labute approximate surface area is 295 Å². The van der Waals surface area contributed by atoms with E-state index in [-0.39, 0.29) is 0 Å². The van der Waals surface area contributed by atoms with Crippen LogP contribution in [-0.2, 0) is 0 Å². The fraction of sp³-hybridized carbons (Fsp3) is 1.00. The summed E-state index contributed by atoms with van der Waals surface area (Å²) in [4.78, 5) is 0. The fourth-order valence-electron chi connectivity index (χ4n) is 7.64. The molecule has 0 aromatic heterocycles. The average Bonchev–Trinajstić information content (AvgIpc) is 3.06. The van der Waals surface area contributed by atoms with Gasteiger partial charge in [-0.2, -0.15) is 0 Å². The number of hydrogen-bond acceptors (Lipinski definition) is 0. The highest BCUT2D eigenvalue weighted by molar-refractivity contribution is 4.57. The highest BCUT2D eigenvalue weighted by Gasteiger charge is 2.03. The van der Waals surface area contributed by atoms with Crippen molar-refractivity contribution in [1.29, 1.82) is 0 Å². The predicted octanol–water partition coefficient (Wildman–Crippen LogP) is 18.0. The Hall–Kier alpha value is 0. The molecule has 278 valence electrons. The third-order valence-corrected chi connectivity index (χ3v) is 11.1. The molecule has 1 unspecified atom stereocenters. The molecule has 1 atom stereocenters. The zero-order valence-electron chi connectivity index (χ0n) is 33.3. The summed E-state index contributed by atoms with van der Waals surface area (Å²) in [6, 6.07) is 0. The lowest BCUT2D eigenvalue weighted by Gasteiger charge is -2.11. The van der Waals surface area contributed by atoms with E-state index in [9.17, 15) is 0 Å². The molecular weight excluding hydrogens is 553 g/mol. The molecule has 0 bridgehead atoms. The molecule has 0 heterocycles. The molecule has 0 radical (unpaired) electrons. The van der Waals surface area contributed by atoms with Crippen LogP contribution in [0.3, 0.4) is 0 Å². The van der Waals surface area contributed by atoms with Crippen molar-refractivity contribution in [2.75, 3.05) is 0 Å². The Morgan fingerprint density at radius 2 is 0.326 bits per heavy atom. The normalized spacial score (nSPS) is 12.3. The molecule has 0 spiro atoms. The topological polar surface area (TPSA) is 0 Å². The highest BCUT2D eigenvalue weighted by Crippen LogP contribution is 2.20. The van der Waals surface area contributed by atoms with Crippen molar-refractivity contribution >= 4 is 0 Å². The lowest BCUT2D eigenvalue weighted by molar-refractivity contribution is 0.429. The molecule has 0 aliphatic heterocycles. The first-order valence-electron chi connectivity index (χ1n) is 22.8. The van der Waals surface area contributed by atoms with Crippen LogP contribution in [0.15, 0.2) is 0 Å². The highest BCUT2D eigenvalue weighted by atomic mass is 14.1. The van der Waals surface area contributed by atoms with Crippen LogP contribution in [0.4, 0.5) is 0 Å². The summed E-state index contributed by atoms with van der Waals surface area (Å²) in [6.45, 7) is 7.14. The van der Waals surface area contributed by atoms with Gasteiger partial charge < -0.3 is 0 Å². The minimum absolute atomic E-state index is 0.964. The first-order chi connectivity index (χ1) is 22.8. The van der Waals surface area contributed by atoms with E-state index < -0.39 is 0 Å². The van der Waals surface area contributed by atoms with Crippen molar-refractivity contribution < 1.29 is 0 Å². The van der Waals surface area contributed by atoms with Crippen LogP contribution in [-0.4, -0.2) is 0 Å². The summed E-state index contributed by atoms with van der Waals surface area (Å²) in [7, 11) is 0. The van der Waals surface area contributed by atoms with E-state index in [2.05, 4.69) is 20.8 Å². The fourth-order valence-corrected chi connectivity index (χ4v) is 7.64. The molecule has 0 saturated carbocycles. The van der Waals surface area contributed by atoms with Gasteiger partial charge in [0.2, 0.25) is 0 Å². The van der Waals surface area contributed by atoms with E-state index in [0.717, 1.165) is 5.92 Å². The molecule has 0 aromatic rings. The molecule has 0 rings (SSSR count). The molecule has 0 aliphatic rings. The number of rotatable bonds is 42. The molecule has 0 nitrogen and oxygen atoms in total. The molecule has 0 heteroatoms. The van der Waals surface area contributed by atoms with Crippen molar-refractivity contribution in [1.82, 2.24) is 0 Å². The van der Waals surface area contributed by atoms with Gasteiger partial charge >= 0.3 is 0 Å². The SMILES string of the molecule is CCCCCCCCCCCCCCCCCCCCCCCCCCC(C)CCCCCCCCCCCCCCCCCC. The zero-order chi connectivity index (χ0) is 33.3. The maximum atomic E-state index is 2.52. The van der Waals surface area contributed by atoms with E-state index in [0.29, 0.717) is 0 Å². The minimum atomic E-state index is 0.964. The van der Waals surface area contributed by atoms with Crippen LogP contribution in [0, 0.1) is 5.92 Å². The average molecular weight is 647 g/mol. The first-order valence-corrected chi connectivity index (χ1v) is 22.8. The van der Waals surface area contributed by atoms with Crippen LogP contribution in [0.5, 0.6) is 0 Å². The van der Waals surface area contributed by atoms with Crippen LogP contribution >= 0.6 is 0 Å². The molecule has 0 amide bonds. The first kappa shape index (κ1) is 46.0. The standard InChI is InChI=1S/C46H94/c1-4-6-8-10-12-14-16-18-20-22-23-24-25-26-27-28-29-31-33-35-37-39-41-43-45-46(3)44-42-40-38-36-34-32-30-21-19-17-15-13-11-9-7-5-2/h46H,4-45H2,1-3H3. The largest absolute Gasteiger partial charge is 0.0654 e. The van der Waals surface area contributed by atoms with Gasteiger partial charge in [-0.05, 0) is 5.92 Å². The maximum Gasteiger partial charge on any atom is -0.0443 e. The van der Waals surface area contributed by atoms with Crippen molar-refractivity contribution in [3.63, 3.8) is 0 Å². The van der Waals surface area contributed by atoms with Gasteiger partial charge in [0.25, 0.3) is 0 Å². The summed E-state index contributed by atoms with van der Waals surface area (Å²) in [5.41, 5.74) is 0. The van der Waals surface area contributed by atoms with Gasteiger partial charge in [-0.1, -0.05) is 290 Å². The van der Waals surface area contributed by atoms with E-state index in [1.54, 1.807) is 0 Å².